The van der Waals surface area contributed by atoms with Crippen LogP contribution in [-0.2, 0) is 22.7 Å². The van der Waals surface area contributed by atoms with Crippen molar-refractivity contribution in [3.8, 4) is 11.5 Å². The van der Waals surface area contributed by atoms with Crippen molar-refractivity contribution in [2.45, 2.75) is 17.6 Å². The number of hydrogen-bond donors (Lipinski definition) is 2. The molecule has 2 N–H and O–H groups in total. The summed E-state index contributed by atoms with van der Waals surface area (Å²) in [4.78, 5) is 12.3. The van der Waals surface area contributed by atoms with E-state index in [2.05, 4.69) is 10.0 Å². The molecule has 0 atom stereocenters. The highest BCUT2D eigenvalue weighted by Crippen LogP contribution is 2.31. The highest BCUT2D eigenvalue weighted by Gasteiger charge is 2.30. The summed E-state index contributed by atoms with van der Waals surface area (Å²) in [5, 5.41) is 2.68. The van der Waals surface area contributed by atoms with Crippen molar-refractivity contribution in [2.75, 3.05) is 18.9 Å². The van der Waals surface area contributed by atoms with Crippen molar-refractivity contribution >= 4 is 21.6 Å². The second-order valence-corrected chi connectivity index (χ2v) is 8.77. The number of anilines is 1. The molecule has 0 unspecified atom stereocenters. The van der Waals surface area contributed by atoms with E-state index < -0.39 is 27.7 Å². The van der Waals surface area contributed by atoms with Crippen LogP contribution in [0.5, 0.6) is 11.5 Å². The number of rotatable bonds is 8. The molecule has 0 bridgehead atoms. The first kappa shape index (κ1) is 24.9. The van der Waals surface area contributed by atoms with Gasteiger partial charge < -0.3 is 14.8 Å². The number of ether oxygens (including phenoxy) is 2. The van der Waals surface area contributed by atoms with Gasteiger partial charge in [-0.05, 0) is 54.1 Å². The van der Waals surface area contributed by atoms with Gasteiger partial charge in [-0.25, -0.2) is 8.42 Å². The van der Waals surface area contributed by atoms with E-state index in [4.69, 9.17) is 9.47 Å². The maximum Gasteiger partial charge on any atom is 0.416 e. The van der Waals surface area contributed by atoms with Crippen molar-refractivity contribution in [2.24, 2.45) is 0 Å². The summed E-state index contributed by atoms with van der Waals surface area (Å²) >= 11 is 0. The summed E-state index contributed by atoms with van der Waals surface area (Å²) in [7, 11) is -1.26. The Hall–Kier alpha value is -3.73. The Morgan fingerprint density at radius 3 is 2.29 bits per heavy atom. The molecule has 7 nitrogen and oxygen atoms in total. The lowest BCUT2D eigenvalue weighted by molar-refractivity contribution is -0.137. The SMILES string of the molecule is COc1ccc(CNC(=O)c2cccc(S(=O)(=O)Nc3cccc(C(F)(F)F)c3)c2)cc1OC. The number of halogens is 3. The van der Waals surface area contributed by atoms with Crippen LogP contribution in [0.15, 0.2) is 71.6 Å². The van der Waals surface area contributed by atoms with Crippen LogP contribution in [-0.4, -0.2) is 28.5 Å². The third kappa shape index (κ3) is 5.98. The number of alkyl halides is 3. The van der Waals surface area contributed by atoms with Crippen LogP contribution >= 0.6 is 0 Å². The third-order valence-corrected chi connectivity index (χ3v) is 6.13. The van der Waals surface area contributed by atoms with Gasteiger partial charge in [-0.1, -0.05) is 18.2 Å². The van der Waals surface area contributed by atoms with Crippen molar-refractivity contribution in [1.29, 1.82) is 0 Å². The maximum atomic E-state index is 12.9. The number of benzene rings is 3. The standard InChI is InChI=1S/C23H21F3N2O5S/c1-32-20-10-9-15(11-21(20)33-2)14-27-22(29)16-5-3-8-19(12-16)34(30,31)28-18-7-4-6-17(13-18)23(24,25)26/h3-13,28H,14H2,1-2H3,(H,27,29). The molecule has 0 aliphatic rings. The molecule has 3 aromatic rings. The Bertz CT molecular complexity index is 1290. The summed E-state index contributed by atoms with van der Waals surface area (Å²) < 4.78 is 76.6. The van der Waals surface area contributed by atoms with Gasteiger partial charge >= 0.3 is 6.18 Å². The number of carbonyl (C=O) groups is 1. The highest BCUT2D eigenvalue weighted by atomic mass is 32.2. The lowest BCUT2D eigenvalue weighted by atomic mass is 10.1. The third-order valence-electron chi connectivity index (χ3n) is 4.75. The topological polar surface area (TPSA) is 93.7 Å². The van der Waals surface area contributed by atoms with E-state index in [0.717, 1.165) is 23.8 Å². The van der Waals surface area contributed by atoms with Crippen molar-refractivity contribution in [1.82, 2.24) is 5.32 Å². The zero-order valence-electron chi connectivity index (χ0n) is 18.1. The number of sulfonamides is 1. The molecule has 0 saturated heterocycles. The fraction of sp³-hybridized carbons (Fsp3) is 0.174. The predicted octanol–water partition coefficient (Wildman–Crippen LogP) is 4.45. The van der Waals surface area contributed by atoms with Crippen molar-refractivity contribution in [3.63, 3.8) is 0 Å². The van der Waals surface area contributed by atoms with Gasteiger partial charge in [0.2, 0.25) is 0 Å². The molecule has 0 fully saturated rings. The minimum absolute atomic E-state index is 0.0624. The monoisotopic (exact) mass is 494 g/mol. The van der Waals surface area contributed by atoms with Gasteiger partial charge in [0.05, 0.1) is 24.7 Å². The lowest BCUT2D eigenvalue weighted by Gasteiger charge is -2.12. The Kier molecular flexibility index (Phi) is 7.35. The number of hydrogen-bond acceptors (Lipinski definition) is 5. The highest BCUT2D eigenvalue weighted by molar-refractivity contribution is 7.92. The van der Waals surface area contributed by atoms with E-state index in [1.54, 1.807) is 18.2 Å². The van der Waals surface area contributed by atoms with Crippen LogP contribution in [0.3, 0.4) is 0 Å². The molecule has 0 aliphatic heterocycles. The molecule has 3 rings (SSSR count). The second kappa shape index (κ2) is 10.0. The fourth-order valence-corrected chi connectivity index (χ4v) is 4.15. The molecule has 3 aromatic carbocycles. The van der Waals surface area contributed by atoms with Gasteiger partial charge in [0, 0.05) is 17.8 Å². The normalized spacial score (nSPS) is 11.6. The molecule has 0 radical (unpaired) electrons. The van der Waals surface area contributed by atoms with Gasteiger partial charge in [-0.15, -0.1) is 0 Å². The molecule has 1 amide bonds. The van der Waals surface area contributed by atoms with Gasteiger partial charge in [0.25, 0.3) is 15.9 Å². The molecule has 0 saturated carbocycles. The van der Waals surface area contributed by atoms with Crippen LogP contribution in [0.1, 0.15) is 21.5 Å². The van der Waals surface area contributed by atoms with Crippen LogP contribution in [0.25, 0.3) is 0 Å². The van der Waals surface area contributed by atoms with E-state index in [-0.39, 0.29) is 22.7 Å². The van der Waals surface area contributed by atoms with E-state index in [1.807, 2.05) is 0 Å². The molecular weight excluding hydrogens is 473 g/mol. The minimum Gasteiger partial charge on any atom is -0.493 e. The van der Waals surface area contributed by atoms with Crippen LogP contribution in [0.4, 0.5) is 18.9 Å². The van der Waals surface area contributed by atoms with E-state index in [9.17, 15) is 26.4 Å². The van der Waals surface area contributed by atoms with Gasteiger partial charge in [-0.2, -0.15) is 13.2 Å². The summed E-state index contributed by atoms with van der Waals surface area (Å²) in [6.45, 7) is 0.138. The van der Waals surface area contributed by atoms with Crippen LogP contribution < -0.4 is 19.5 Å². The van der Waals surface area contributed by atoms with E-state index >= 15 is 0 Å². The molecule has 180 valence electrons. The van der Waals surface area contributed by atoms with Gasteiger partial charge in [-0.3, -0.25) is 9.52 Å². The van der Waals surface area contributed by atoms with Crippen molar-refractivity contribution in [3.05, 3.63) is 83.4 Å². The summed E-state index contributed by atoms with van der Waals surface area (Å²) in [5.41, 5.74) is -0.456. The zero-order chi connectivity index (χ0) is 24.9. The average Bonchev–Trinajstić information content (AvgIpc) is 2.81. The summed E-state index contributed by atoms with van der Waals surface area (Å²) in [5.74, 6) is 0.484. The Balaban J connectivity index is 1.74. The van der Waals surface area contributed by atoms with Gasteiger partial charge in [0.15, 0.2) is 11.5 Å². The predicted molar refractivity (Wildman–Crippen MR) is 119 cm³/mol. The number of carbonyl (C=O) groups excluding carboxylic acids is 1. The molecule has 11 heteroatoms. The van der Waals surface area contributed by atoms with E-state index in [0.29, 0.717) is 17.6 Å². The Morgan fingerprint density at radius 1 is 0.912 bits per heavy atom. The zero-order valence-corrected chi connectivity index (χ0v) is 19.0. The van der Waals surface area contributed by atoms with E-state index in [1.165, 1.54) is 38.5 Å². The largest absolute Gasteiger partial charge is 0.493 e. The Labute approximate surface area is 194 Å². The maximum absolute atomic E-state index is 12.9. The first-order valence-electron chi connectivity index (χ1n) is 9.83. The van der Waals surface area contributed by atoms with Gasteiger partial charge in [0.1, 0.15) is 0 Å². The first-order chi connectivity index (χ1) is 16.0. The number of amides is 1. The first-order valence-corrected chi connectivity index (χ1v) is 11.3. The molecule has 0 spiro atoms. The molecule has 0 aromatic heterocycles. The second-order valence-electron chi connectivity index (χ2n) is 7.08. The summed E-state index contributed by atoms with van der Waals surface area (Å²) in [6.07, 6.45) is -4.62. The number of methoxy groups -OCH3 is 2. The molecule has 0 heterocycles. The molecule has 0 aliphatic carbocycles. The minimum atomic E-state index is -4.62. The van der Waals surface area contributed by atoms with Crippen molar-refractivity contribution < 1.29 is 35.9 Å². The fourth-order valence-electron chi connectivity index (χ4n) is 3.05. The lowest BCUT2D eigenvalue weighted by Crippen LogP contribution is -2.23. The number of nitrogens with one attached hydrogen (secondary N) is 2. The average molecular weight is 494 g/mol. The Morgan fingerprint density at radius 2 is 1.62 bits per heavy atom. The summed E-state index contributed by atoms with van der Waals surface area (Å²) in [6, 6.07) is 14.1. The quantitative estimate of drug-likeness (QED) is 0.483. The molecule has 34 heavy (non-hydrogen) atoms. The van der Waals surface area contributed by atoms with Crippen LogP contribution in [0.2, 0.25) is 0 Å². The smallest absolute Gasteiger partial charge is 0.416 e. The van der Waals surface area contributed by atoms with Crippen LogP contribution in [0, 0.1) is 0 Å². The molecular formula is C23H21F3N2O5S.